The third-order valence-electron chi connectivity index (χ3n) is 4.52. The molecule has 23 heavy (non-hydrogen) atoms. The van der Waals surface area contributed by atoms with Crippen molar-refractivity contribution in [1.29, 1.82) is 0 Å². The standard InChI is InChI=1S/C16H19N3O3S/c1-16(2)9-18(6-5-14(16)17)15(20)13-8-10-7-11(19(21)22)3-4-12(10)23-13/h3-4,7-8,14H,5-6,9,17H2,1-2H3. The summed E-state index contributed by atoms with van der Waals surface area (Å²) in [5.74, 6) is -0.0196. The molecule has 2 N–H and O–H groups in total. The number of piperidine rings is 1. The third kappa shape index (κ3) is 2.94. The molecule has 7 heteroatoms. The first kappa shape index (κ1) is 15.9. The van der Waals surface area contributed by atoms with Gasteiger partial charge in [0.1, 0.15) is 0 Å². The summed E-state index contributed by atoms with van der Waals surface area (Å²) in [6.45, 7) is 5.43. The summed E-state index contributed by atoms with van der Waals surface area (Å²) in [4.78, 5) is 25.6. The molecule has 122 valence electrons. The van der Waals surface area contributed by atoms with Crippen LogP contribution in [0.5, 0.6) is 0 Å². The number of benzene rings is 1. The number of rotatable bonds is 2. The van der Waals surface area contributed by atoms with Gasteiger partial charge in [0.25, 0.3) is 11.6 Å². The number of nitro groups is 1. The van der Waals surface area contributed by atoms with Crippen LogP contribution in [0.25, 0.3) is 10.1 Å². The molecule has 0 aliphatic carbocycles. The highest BCUT2D eigenvalue weighted by molar-refractivity contribution is 7.20. The molecule has 2 heterocycles. The van der Waals surface area contributed by atoms with E-state index in [0.29, 0.717) is 18.0 Å². The van der Waals surface area contributed by atoms with Crippen LogP contribution in [0, 0.1) is 15.5 Å². The topological polar surface area (TPSA) is 89.5 Å². The van der Waals surface area contributed by atoms with E-state index in [2.05, 4.69) is 13.8 Å². The van der Waals surface area contributed by atoms with Gasteiger partial charge in [-0.25, -0.2) is 0 Å². The Balaban J connectivity index is 1.88. The molecule has 1 atom stereocenters. The number of nitro benzene ring substituents is 1. The van der Waals surface area contributed by atoms with Gasteiger partial charge in [0.05, 0.1) is 9.80 Å². The van der Waals surface area contributed by atoms with Crippen molar-refractivity contribution in [1.82, 2.24) is 4.90 Å². The van der Waals surface area contributed by atoms with E-state index in [-0.39, 0.29) is 23.1 Å². The number of likely N-dealkylation sites (tertiary alicyclic amines) is 1. The van der Waals surface area contributed by atoms with Gasteiger partial charge in [-0.3, -0.25) is 14.9 Å². The Morgan fingerprint density at radius 2 is 2.17 bits per heavy atom. The molecular formula is C16H19N3O3S. The molecule has 1 aliphatic heterocycles. The van der Waals surface area contributed by atoms with Crippen LogP contribution in [0.3, 0.4) is 0 Å². The number of hydrogen-bond acceptors (Lipinski definition) is 5. The summed E-state index contributed by atoms with van der Waals surface area (Å²) in [5.41, 5.74) is 6.05. The van der Waals surface area contributed by atoms with Crippen LogP contribution in [-0.2, 0) is 0 Å². The highest BCUT2D eigenvalue weighted by atomic mass is 32.1. The van der Waals surface area contributed by atoms with Gasteiger partial charge in [-0.15, -0.1) is 11.3 Å². The number of carbonyl (C=O) groups is 1. The fraction of sp³-hybridized carbons (Fsp3) is 0.438. The van der Waals surface area contributed by atoms with Crippen LogP contribution in [0.1, 0.15) is 29.9 Å². The molecule has 0 radical (unpaired) electrons. The van der Waals surface area contributed by atoms with Gasteiger partial charge in [-0.1, -0.05) is 13.8 Å². The zero-order chi connectivity index (χ0) is 16.8. The van der Waals surface area contributed by atoms with Crippen LogP contribution in [0.4, 0.5) is 5.69 Å². The van der Waals surface area contributed by atoms with E-state index in [9.17, 15) is 14.9 Å². The van der Waals surface area contributed by atoms with Crippen LogP contribution < -0.4 is 5.73 Å². The first-order valence-electron chi connectivity index (χ1n) is 7.51. The van der Waals surface area contributed by atoms with Gasteiger partial charge >= 0.3 is 0 Å². The summed E-state index contributed by atoms with van der Waals surface area (Å²) in [6, 6.07) is 6.52. The summed E-state index contributed by atoms with van der Waals surface area (Å²) in [5, 5.41) is 11.6. The third-order valence-corrected chi connectivity index (χ3v) is 5.62. The van der Waals surface area contributed by atoms with E-state index in [0.717, 1.165) is 16.5 Å². The van der Waals surface area contributed by atoms with Crippen molar-refractivity contribution in [2.45, 2.75) is 26.3 Å². The minimum absolute atomic E-state index is 0.0196. The second-order valence-electron chi connectivity index (χ2n) is 6.70. The summed E-state index contributed by atoms with van der Waals surface area (Å²) >= 11 is 1.38. The molecule has 1 unspecified atom stereocenters. The highest BCUT2D eigenvalue weighted by Crippen LogP contribution is 2.32. The molecule has 1 aromatic heterocycles. The van der Waals surface area contributed by atoms with Gasteiger partial charge < -0.3 is 10.6 Å². The summed E-state index contributed by atoms with van der Waals surface area (Å²) < 4.78 is 0.881. The Labute approximate surface area is 138 Å². The zero-order valence-electron chi connectivity index (χ0n) is 13.1. The average Bonchev–Trinajstić information content (AvgIpc) is 2.92. The van der Waals surface area contributed by atoms with Crippen molar-refractivity contribution in [3.8, 4) is 0 Å². The maximum absolute atomic E-state index is 12.7. The Kier molecular flexibility index (Phi) is 3.85. The number of hydrogen-bond donors (Lipinski definition) is 1. The number of nitrogens with zero attached hydrogens (tertiary/aromatic N) is 2. The van der Waals surface area contributed by atoms with Crippen molar-refractivity contribution in [3.05, 3.63) is 39.3 Å². The molecule has 1 aliphatic rings. The minimum Gasteiger partial charge on any atom is -0.337 e. The van der Waals surface area contributed by atoms with Crippen LogP contribution in [-0.4, -0.2) is 34.9 Å². The molecule has 0 bridgehead atoms. The lowest BCUT2D eigenvalue weighted by molar-refractivity contribution is -0.384. The maximum Gasteiger partial charge on any atom is 0.270 e. The fourth-order valence-electron chi connectivity index (χ4n) is 2.95. The quantitative estimate of drug-likeness (QED) is 0.676. The van der Waals surface area contributed by atoms with Crippen molar-refractivity contribution in [2.75, 3.05) is 13.1 Å². The largest absolute Gasteiger partial charge is 0.337 e. The number of non-ortho nitro benzene ring substituents is 1. The SMILES string of the molecule is CC1(C)CN(C(=O)c2cc3cc([N+](=O)[O-])ccc3s2)CCC1N. The van der Waals surface area contributed by atoms with E-state index in [1.54, 1.807) is 12.1 Å². The van der Waals surface area contributed by atoms with Crippen molar-refractivity contribution >= 4 is 33.0 Å². The van der Waals surface area contributed by atoms with E-state index in [1.807, 2.05) is 4.90 Å². The Bertz CT molecular complexity index is 784. The van der Waals surface area contributed by atoms with Gasteiger partial charge in [0.2, 0.25) is 0 Å². The molecule has 6 nitrogen and oxygen atoms in total. The predicted molar refractivity (Wildman–Crippen MR) is 90.8 cm³/mol. The number of carbonyl (C=O) groups excluding carboxylic acids is 1. The average molecular weight is 333 g/mol. The lowest BCUT2D eigenvalue weighted by Crippen LogP contribution is -2.53. The Morgan fingerprint density at radius 1 is 1.43 bits per heavy atom. The normalized spacial score (nSPS) is 20.7. The lowest BCUT2D eigenvalue weighted by atomic mass is 9.79. The highest BCUT2D eigenvalue weighted by Gasteiger charge is 2.35. The Morgan fingerprint density at radius 3 is 2.83 bits per heavy atom. The second-order valence-corrected chi connectivity index (χ2v) is 7.78. The van der Waals surface area contributed by atoms with Gasteiger partial charge in [-0.05, 0) is 24.0 Å². The molecular weight excluding hydrogens is 314 g/mol. The van der Waals surface area contributed by atoms with Gasteiger partial charge in [0, 0.05) is 41.4 Å². The summed E-state index contributed by atoms with van der Waals surface area (Å²) in [7, 11) is 0. The molecule has 1 saturated heterocycles. The maximum atomic E-state index is 12.7. The lowest BCUT2D eigenvalue weighted by Gasteiger charge is -2.42. The van der Waals surface area contributed by atoms with Gasteiger partial charge in [-0.2, -0.15) is 0 Å². The smallest absolute Gasteiger partial charge is 0.270 e. The molecule has 0 spiro atoms. The Hall–Kier alpha value is -1.99. The molecule has 2 aromatic rings. The fourth-order valence-corrected chi connectivity index (χ4v) is 3.96. The summed E-state index contributed by atoms with van der Waals surface area (Å²) in [6.07, 6.45) is 0.787. The minimum atomic E-state index is -0.423. The molecule has 3 rings (SSSR count). The van der Waals surface area contributed by atoms with Crippen molar-refractivity contribution in [3.63, 3.8) is 0 Å². The zero-order valence-corrected chi connectivity index (χ0v) is 13.9. The molecule has 1 amide bonds. The predicted octanol–water partition coefficient (Wildman–Crippen LogP) is 3.01. The second kappa shape index (κ2) is 5.58. The van der Waals surface area contributed by atoms with E-state index in [1.165, 1.54) is 23.5 Å². The number of nitrogens with two attached hydrogens (primary N) is 1. The van der Waals surface area contributed by atoms with Gasteiger partial charge in [0.15, 0.2) is 0 Å². The van der Waals surface area contributed by atoms with E-state index in [4.69, 9.17) is 5.73 Å². The van der Waals surface area contributed by atoms with Crippen molar-refractivity contribution < 1.29 is 9.72 Å². The molecule has 0 saturated carbocycles. The first-order valence-corrected chi connectivity index (χ1v) is 8.32. The number of fused-ring (bicyclic) bond motifs is 1. The van der Waals surface area contributed by atoms with E-state index >= 15 is 0 Å². The van der Waals surface area contributed by atoms with Crippen LogP contribution in [0.2, 0.25) is 0 Å². The molecule has 1 fully saturated rings. The van der Waals surface area contributed by atoms with E-state index < -0.39 is 4.92 Å². The number of amides is 1. The molecule has 1 aromatic carbocycles. The van der Waals surface area contributed by atoms with Crippen LogP contribution >= 0.6 is 11.3 Å². The monoisotopic (exact) mass is 333 g/mol. The first-order chi connectivity index (χ1) is 10.8. The van der Waals surface area contributed by atoms with Crippen LogP contribution in [0.15, 0.2) is 24.3 Å². The van der Waals surface area contributed by atoms with Crippen molar-refractivity contribution in [2.24, 2.45) is 11.1 Å². The number of thiophene rings is 1.